The summed E-state index contributed by atoms with van der Waals surface area (Å²) in [6.07, 6.45) is 0. The molecule has 70 valence electrons. The second kappa shape index (κ2) is 2.42. The van der Waals surface area contributed by atoms with Crippen LogP contribution >= 0.6 is 11.6 Å². The maximum absolute atomic E-state index is 5.89. The highest BCUT2D eigenvalue weighted by Gasteiger charge is 2.09. The summed E-state index contributed by atoms with van der Waals surface area (Å²) >= 11 is 5.89. The number of aromatic nitrogens is 6. The third-order valence-corrected chi connectivity index (χ3v) is 2.26. The fourth-order valence-corrected chi connectivity index (χ4v) is 1.63. The highest BCUT2D eigenvalue weighted by molar-refractivity contribution is 6.28. The molecule has 6 nitrogen and oxygen atoms in total. The van der Waals surface area contributed by atoms with Crippen molar-refractivity contribution in [3.8, 4) is 0 Å². The summed E-state index contributed by atoms with van der Waals surface area (Å²) in [5.74, 6) is 0.743. The van der Waals surface area contributed by atoms with E-state index in [4.69, 9.17) is 11.6 Å². The molecule has 0 atom stereocenters. The number of hydrogen-bond acceptors (Lipinski definition) is 4. The molecule has 0 saturated carbocycles. The molecule has 0 aliphatic rings. The van der Waals surface area contributed by atoms with Crippen molar-refractivity contribution in [3.63, 3.8) is 0 Å². The van der Waals surface area contributed by atoms with E-state index in [0.29, 0.717) is 10.9 Å². The van der Waals surface area contributed by atoms with Gasteiger partial charge >= 0.3 is 0 Å². The fourth-order valence-electron chi connectivity index (χ4n) is 1.43. The molecular formula is C7H5ClN6. The summed E-state index contributed by atoms with van der Waals surface area (Å²) < 4.78 is 3.42. The van der Waals surface area contributed by atoms with Crippen molar-refractivity contribution >= 4 is 22.9 Å². The van der Waals surface area contributed by atoms with E-state index in [9.17, 15) is 0 Å². The van der Waals surface area contributed by atoms with Gasteiger partial charge in [0.15, 0.2) is 11.3 Å². The number of hydrogen-bond donors (Lipinski definition) is 0. The summed E-state index contributed by atoms with van der Waals surface area (Å²) in [5, 5.41) is 15.9. The Kier molecular flexibility index (Phi) is 1.33. The lowest BCUT2D eigenvalue weighted by molar-refractivity contribution is 0.807. The van der Waals surface area contributed by atoms with E-state index in [-0.39, 0.29) is 0 Å². The van der Waals surface area contributed by atoms with Crippen LogP contribution in [0.4, 0.5) is 0 Å². The van der Waals surface area contributed by atoms with Gasteiger partial charge in [-0.3, -0.25) is 0 Å². The molecule has 0 N–H and O–H groups in total. The molecule has 0 radical (unpaired) electrons. The molecule has 3 aromatic rings. The van der Waals surface area contributed by atoms with Crippen LogP contribution in [0.1, 0.15) is 5.82 Å². The smallest absolute Gasteiger partial charge is 0.209 e. The lowest BCUT2D eigenvalue weighted by atomic mass is 10.5. The Balaban J connectivity index is 2.70. The Hall–Kier alpha value is -1.69. The third kappa shape index (κ3) is 0.805. The highest BCUT2D eigenvalue weighted by atomic mass is 35.5. The van der Waals surface area contributed by atoms with Gasteiger partial charge in [0.2, 0.25) is 5.28 Å². The molecule has 0 spiro atoms. The molecule has 3 heterocycles. The molecule has 0 saturated heterocycles. The SMILES string of the molecule is Cc1nnc2ccc3nnc(Cl)n3n12. The predicted molar refractivity (Wildman–Crippen MR) is 49.3 cm³/mol. The summed E-state index contributed by atoms with van der Waals surface area (Å²) in [6.45, 7) is 1.84. The van der Waals surface area contributed by atoms with Gasteiger partial charge < -0.3 is 0 Å². The van der Waals surface area contributed by atoms with Gasteiger partial charge in [-0.05, 0) is 30.7 Å². The first-order valence-electron chi connectivity index (χ1n) is 3.99. The molecule has 3 aromatic heterocycles. The van der Waals surface area contributed by atoms with Gasteiger partial charge in [0.25, 0.3) is 0 Å². The molecule has 14 heavy (non-hydrogen) atoms. The first-order chi connectivity index (χ1) is 6.77. The van der Waals surface area contributed by atoms with Crippen molar-refractivity contribution in [3.05, 3.63) is 23.2 Å². The van der Waals surface area contributed by atoms with Crippen LogP contribution in [0.15, 0.2) is 12.1 Å². The van der Waals surface area contributed by atoms with Crippen molar-refractivity contribution in [2.75, 3.05) is 0 Å². The van der Waals surface area contributed by atoms with Gasteiger partial charge in [0.05, 0.1) is 0 Å². The lowest BCUT2D eigenvalue weighted by Crippen LogP contribution is -2.01. The topological polar surface area (TPSA) is 60.4 Å². The average Bonchev–Trinajstić information content (AvgIpc) is 2.72. The van der Waals surface area contributed by atoms with Crippen molar-refractivity contribution in [1.82, 2.24) is 29.4 Å². The number of nitrogens with zero attached hydrogens (tertiary/aromatic N) is 6. The van der Waals surface area contributed by atoms with Gasteiger partial charge in [-0.25, -0.2) is 4.52 Å². The molecule has 0 aliphatic carbocycles. The standard InChI is InChI=1S/C7H5ClN6/c1-4-9-10-5-2-3-6-11-12-7(8)14(6)13(4)5/h2-3H,1H3. The summed E-state index contributed by atoms with van der Waals surface area (Å²) in [6, 6.07) is 3.61. The summed E-state index contributed by atoms with van der Waals surface area (Å²) in [4.78, 5) is 0. The van der Waals surface area contributed by atoms with E-state index >= 15 is 0 Å². The molecule has 0 aliphatic heterocycles. The Morgan fingerprint density at radius 1 is 1.00 bits per heavy atom. The van der Waals surface area contributed by atoms with Crippen LogP contribution in [0.25, 0.3) is 11.3 Å². The average molecular weight is 209 g/mol. The minimum absolute atomic E-state index is 0.300. The van der Waals surface area contributed by atoms with E-state index in [1.54, 1.807) is 15.1 Å². The van der Waals surface area contributed by atoms with Crippen LogP contribution in [0.5, 0.6) is 0 Å². The monoisotopic (exact) mass is 208 g/mol. The molecule has 7 heteroatoms. The molecular weight excluding hydrogens is 204 g/mol. The minimum atomic E-state index is 0.300. The van der Waals surface area contributed by atoms with E-state index < -0.39 is 0 Å². The quantitative estimate of drug-likeness (QED) is 0.547. The highest BCUT2D eigenvalue weighted by Crippen LogP contribution is 2.11. The predicted octanol–water partition coefficient (Wildman–Crippen LogP) is 0.734. The molecule has 0 aromatic carbocycles. The van der Waals surface area contributed by atoms with Crippen LogP contribution < -0.4 is 0 Å². The Bertz CT molecular complexity index is 568. The number of rotatable bonds is 0. The van der Waals surface area contributed by atoms with Gasteiger partial charge in [-0.1, -0.05) is 0 Å². The van der Waals surface area contributed by atoms with Gasteiger partial charge in [0, 0.05) is 0 Å². The van der Waals surface area contributed by atoms with Crippen LogP contribution in [0.2, 0.25) is 5.28 Å². The number of aryl methyl sites for hydroxylation is 1. The first-order valence-corrected chi connectivity index (χ1v) is 4.37. The molecule has 0 bridgehead atoms. The summed E-state index contributed by atoms with van der Waals surface area (Å²) in [7, 11) is 0. The molecule has 0 fully saturated rings. The number of fused-ring (bicyclic) bond motifs is 3. The molecule has 3 rings (SSSR count). The second-order valence-electron chi connectivity index (χ2n) is 2.89. The largest absolute Gasteiger partial charge is 0.245 e. The van der Waals surface area contributed by atoms with Crippen LogP contribution in [-0.2, 0) is 0 Å². The zero-order chi connectivity index (χ0) is 9.71. The van der Waals surface area contributed by atoms with E-state index in [2.05, 4.69) is 20.4 Å². The first kappa shape index (κ1) is 7.69. The molecule has 0 unspecified atom stereocenters. The van der Waals surface area contributed by atoms with Crippen LogP contribution in [-0.4, -0.2) is 29.4 Å². The maximum Gasteiger partial charge on any atom is 0.245 e. The van der Waals surface area contributed by atoms with Gasteiger partial charge in [0.1, 0.15) is 5.82 Å². The maximum atomic E-state index is 5.89. The van der Waals surface area contributed by atoms with Crippen molar-refractivity contribution < 1.29 is 0 Å². The Morgan fingerprint density at radius 2 is 1.64 bits per heavy atom. The molecule has 0 amide bonds. The second-order valence-corrected chi connectivity index (χ2v) is 3.23. The van der Waals surface area contributed by atoms with Crippen molar-refractivity contribution in [2.45, 2.75) is 6.92 Å². The van der Waals surface area contributed by atoms with E-state index in [1.807, 2.05) is 13.0 Å². The summed E-state index contributed by atoms with van der Waals surface area (Å²) in [5.41, 5.74) is 1.39. The third-order valence-electron chi connectivity index (χ3n) is 2.03. The zero-order valence-electron chi connectivity index (χ0n) is 7.22. The normalized spacial score (nSPS) is 11.6. The van der Waals surface area contributed by atoms with Crippen LogP contribution in [0, 0.1) is 6.92 Å². The zero-order valence-corrected chi connectivity index (χ0v) is 7.97. The van der Waals surface area contributed by atoms with Crippen molar-refractivity contribution in [2.24, 2.45) is 0 Å². The lowest BCUT2D eigenvalue weighted by Gasteiger charge is -1.98. The van der Waals surface area contributed by atoms with Gasteiger partial charge in [-0.15, -0.1) is 20.4 Å². The minimum Gasteiger partial charge on any atom is -0.209 e. The number of halogens is 1. The Labute approximate surface area is 83.1 Å². The van der Waals surface area contributed by atoms with E-state index in [1.165, 1.54) is 0 Å². The Morgan fingerprint density at radius 3 is 2.43 bits per heavy atom. The van der Waals surface area contributed by atoms with Crippen molar-refractivity contribution in [1.29, 1.82) is 0 Å². The fraction of sp³-hybridized carbons (Fsp3) is 0.143. The van der Waals surface area contributed by atoms with Gasteiger partial charge in [-0.2, -0.15) is 4.52 Å². The van der Waals surface area contributed by atoms with E-state index in [0.717, 1.165) is 11.5 Å². The van der Waals surface area contributed by atoms with Crippen LogP contribution in [0.3, 0.4) is 0 Å².